The molecule has 6 nitrogen and oxygen atoms in total. The topological polar surface area (TPSA) is 95.2 Å². The van der Waals surface area contributed by atoms with Crippen LogP contribution < -0.4 is 20.9 Å². The maximum absolute atomic E-state index is 6.00. The number of methoxy groups -OCH3 is 2. The number of hydrogen-bond donors (Lipinski definition) is 2. The number of benzene rings is 1. The fraction of sp³-hybridized carbons (Fsp3) is 0.200. The molecular weight excluding hydrogens is 244 g/mol. The molecule has 0 bridgehead atoms. The van der Waals surface area contributed by atoms with Crippen LogP contribution in [-0.2, 0) is 0 Å². The summed E-state index contributed by atoms with van der Waals surface area (Å²) in [5, 5.41) is 7.56. The van der Waals surface area contributed by atoms with Crippen LogP contribution in [0.4, 0.5) is 0 Å². The molecule has 0 aliphatic rings. The van der Waals surface area contributed by atoms with Crippen LogP contribution in [0.3, 0.4) is 0 Å². The predicted octanol–water partition coefficient (Wildman–Crippen LogP) is 0.964. The molecule has 0 fully saturated rings. The number of ether oxygens (including phenoxy) is 2. The average molecular weight is 257 g/mol. The number of rotatable bonds is 4. The molecule has 17 heavy (non-hydrogen) atoms. The van der Waals surface area contributed by atoms with Gasteiger partial charge in [0.25, 0.3) is 0 Å². The van der Waals surface area contributed by atoms with Gasteiger partial charge in [-0.05, 0) is 12.1 Å². The van der Waals surface area contributed by atoms with Gasteiger partial charge in [-0.15, -0.1) is 5.10 Å². The lowest BCUT2D eigenvalue weighted by Gasteiger charge is -2.09. The van der Waals surface area contributed by atoms with E-state index in [0.29, 0.717) is 22.1 Å². The van der Waals surface area contributed by atoms with Crippen molar-refractivity contribution in [3.05, 3.63) is 22.7 Å². The second kappa shape index (κ2) is 5.95. The molecule has 1 rings (SSSR count). The van der Waals surface area contributed by atoms with Gasteiger partial charge < -0.3 is 20.9 Å². The Morgan fingerprint density at radius 1 is 1.29 bits per heavy atom. The molecule has 4 N–H and O–H groups in total. The second-order valence-electron chi connectivity index (χ2n) is 3.01. The highest BCUT2D eigenvalue weighted by molar-refractivity contribution is 6.32. The summed E-state index contributed by atoms with van der Waals surface area (Å²) in [5.74, 6) is 0.854. The Hall–Kier alpha value is -1.95. The van der Waals surface area contributed by atoms with Crippen LogP contribution in [0, 0.1) is 0 Å². The van der Waals surface area contributed by atoms with E-state index in [1.165, 1.54) is 20.4 Å². The first-order chi connectivity index (χ1) is 8.08. The molecule has 0 saturated heterocycles. The summed E-state index contributed by atoms with van der Waals surface area (Å²) in [4.78, 5) is 0. The van der Waals surface area contributed by atoms with Crippen LogP contribution in [0.25, 0.3) is 0 Å². The van der Waals surface area contributed by atoms with Crippen molar-refractivity contribution in [1.29, 1.82) is 0 Å². The third-order valence-corrected chi connectivity index (χ3v) is 2.12. The number of nitrogens with zero attached hydrogens (tertiary/aromatic N) is 2. The Morgan fingerprint density at radius 2 is 2.00 bits per heavy atom. The number of nitrogens with two attached hydrogens (primary N) is 2. The first kappa shape index (κ1) is 13.1. The van der Waals surface area contributed by atoms with Gasteiger partial charge in [0.05, 0.1) is 25.5 Å². The lowest BCUT2D eigenvalue weighted by molar-refractivity contribution is 0.355. The molecule has 0 aliphatic heterocycles. The summed E-state index contributed by atoms with van der Waals surface area (Å²) in [5.41, 5.74) is 11.0. The summed E-state index contributed by atoms with van der Waals surface area (Å²) in [7, 11) is 3.03. The van der Waals surface area contributed by atoms with Gasteiger partial charge in [0, 0.05) is 5.56 Å². The molecule has 0 aromatic heterocycles. The molecule has 0 saturated carbocycles. The van der Waals surface area contributed by atoms with E-state index in [2.05, 4.69) is 10.2 Å². The van der Waals surface area contributed by atoms with Crippen molar-refractivity contribution in [1.82, 2.24) is 0 Å². The molecule has 1 aromatic carbocycles. The molecule has 1 aromatic rings. The average Bonchev–Trinajstić information content (AvgIpc) is 2.27. The van der Waals surface area contributed by atoms with Gasteiger partial charge >= 0.3 is 0 Å². The number of halogens is 1. The zero-order chi connectivity index (χ0) is 12.8. The van der Waals surface area contributed by atoms with E-state index in [0.717, 1.165) is 0 Å². The molecule has 0 radical (unpaired) electrons. The monoisotopic (exact) mass is 256 g/mol. The maximum atomic E-state index is 6.00. The van der Waals surface area contributed by atoms with E-state index in [-0.39, 0.29) is 5.96 Å². The van der Waals surface area contributed by atoms with Crippen molar-refractivity contribution < 1.29 is 9.47 Å². The van der Waals surface area contributed by atoms with E-state index in [9.17, 15) is 0 Å². The van der Waals surface area contributed by atoms with Gasteiger partial charge in [0.1, 0.15) is 0 Å². The Kier molecular flexibility index (Phi) is 4.59. The fourth-order valence-electron chi connectivity index (χ4n) is 1.17. The van der Waals surface area contributed by atoms with Crippen LogP contribution in [0.5, 0.6) is 11.5 Å². The summed E-state index contributed by atoms with van der Waals surface area (Å²) in [6, 6.07) is 3.37. The molecular formula is C10H13ClN4O2. The van der Waals surface area contributed by atoms with Crippen molar-refractivity contribution in [2.45, 2.75) is 0 Å². The van der Waals surface area contributed by atoms with Crippen LogP contribution in [0.2, 0.25) is 5.02 Å². The lowest BCUT2D eigenvalue weighted by Crippen LogP contribution is -2.21. The van der Waals surface area contributed by atoms with Crippen LogP contribution in [-0.4, -0.2) is 26.4 Å². The largest absolute Gasteiger partial charge is 0.493 e. The Bertz CT molecular complexity index is 456. The van der Waals surface area contributed by atoms with E-state index < -0.39 is 0 Å². The lowest BCUT2D eigenvalue weighted by atomic mass is 10.2. The molecule has 0 heterocycles. The van der Waals surface area contributed by atoms with E-state index in [4.69, 9.17) is 32.5 Å². The van der Waals surface area contributed by atoms with Crippen LogP contribution in [0.1, 0.15) is 5.56 Å². The summed E-state index contributed by atoms with van der Waals surface area (Å²) < 4.78 is 10.2. The highest BCUT2D eigenvalue weighted by Gasteiger charge is 2.09. The van der Waals surface area contributed by atoms with Gasteiger partial charge in [-0.2, -0.15) is 5.10 Å². The normalized spacial score (nSPS) is 10.3. The number of guanidine groups is 1. The highest BCUT2D eigenvalue weighted by atomic mass is 35.5. The third kappa shape index (κ3) is 3.53. The second-order valence-corrected chi connectivity index (χ2v) is 3.41. The summed E-state index contributed by atoms with van der Waals surface area (Å²) >= 11 is 6.00. The van der Waals surface area contributed by atoms with Crippen LogP contribution >= 0.6 is 11.6 Å². The molecule has 0 aliphatic carbocycles. The predicted molar refractivity (Wildman–Crippen MR) is 68.0 cm³/mol. The van der Waals surface area contributed by atoms with Crippen molar-refractivity contribution >= 4 is 23.8 Å². The van der Waals surface area contributed by atoms with E-state index in [1.807, 2.05) is 0 Å². The van der Waals surface area contributed by atoms with Gasteiger partial charge in [-0.25, -0.2) is 0 Å². The highest BCUT2D eigenvalue weighted by Crippen LogP contribution is 2.35. The van der Waals surface area contributed by atoms with Gasteiger partial charge in [0.15, 0.2) is 11.5 Å². The minimum Gasteiger partial charge on any atom is -0.493 e. The smallest absolute Gasteiger partial charge is 0.211 e. The van der Waals surface area contributed by atoms with E-state index in [1.54, 1.807) is 12.1 Å². The van der Waals surface area contributed by atoms with E-state index >= 15 is 0 Å². The minimum absolute atomic E-state index is 0.118. The van der Waals surface area contributed by atoms with Gasteiger partial charge in [-0.3, -0.25) is 0 Å². The zero-order valence-corrected chi connectivity index (χ0v) is 10.2. The molecule has 0 atom stereocenters. The quantitative estimate of drug-likeness (QED) is 0.477. The zero-order valence-electron chi connectivity index (χ0n) is 9.48. The Morgan fingerprint density at radius 3 is 2.53 bits per heavy atom. The minimum atomic E-state index is -0.118. The Balaban J connectivity index is 3.07. The molecule has 92 valence electrons. The third-order valence-electron chi connectivity index (χ3n) is 1.84. The summed E-state index contributed by atoms with van der Waals surface area (Å²) in [6.45, 7) is 0. The van der Waals surface area contributed by atoms with Gasteiger partial charge in [0.2, 0.25) is 5.96 Å². The first-order valence-corrected chi connectivity index (χ1v) is 4.99. The molecule has 7 heteroatoms. The van der Waals surface area contributed by atoms with Crippen LogP contribution in [0.15, 0.2) is 22.3 Å². The first-order valence-electron chi connectivity index (χ1n) is 4.62. The Labute approximate surface area is 104 Å². The van der Waals surface area contributed by atoms with Crippen molar-refractivity contribution in [3.8, 4) is 11.5 Å². The molecule has 0 amide bonds. The van der Waals surface area contributed by atoms with Crippen molar-refractivity contribution in [2.75, 3.05) is 14.2 Å². The molecule has 0 spiro atoms. The standard InChI is InChI=1S/C10H13ClN4O2/c1-16-8-4-6(5-14-15-10(12)13)3-7(11)9(8)17-2/h3-5H,1-2H3,(H4,12,13,15)/b14-5+. The number of hydrogen-bond acceptors (Lipinski definition) is 4. The summed E-state index contributed by atoms with van der Waals surface area (Å²) in [6.07, 6.45) is 1.45. The maximum Gasteiger partial charge on any atom is 0.211 e. The SMILES string of the molecule is COc1cc(/C=N/N=C(N)N)cc(Cl)c1OC. The van der Waals surface area contributed by atoms with Crippen molar-refractivity contribution in [2.24, 2.45) is 21.7 Å². The van der Waals surface area contributed by atoms with Gasteiger partial charge in [-0.1, -0.05) is 11.6 Å². The fourth-order valence-corrected chi connectivity index (χ4v) is 1.47. The molecule has 0 unspecified atom stereocenters. The van der Waals surface area contributed by atoms with Crippen molar-refractivity contribution in [3.63, 3.8) is 0 Å².